The standard InChI is InChI=1S/C11H13BrO2/c1-3-9-7(2)10(11(13)14)5-4-8(9)6-12/h4-5H,3,6H2,1-2H3,(H,13,14). The summed E-state index contributed by atoms with van der Waals surface area (Å²) in [6.45, 7) is 3.91. The highest BCUT2D eigenvalue weighted by molar-refractivity contribution is 9.08. The first kappa shape index (κ1) is 11.2. The number of carboxylic acids is 1. The highest BCUT2D eigenvalue weighted by atomic mass is 79.9. The molecule has 0 saturated carbocycles. The van der Waals surface area contributed by atoms with Crippen LogP contribution in [-0.4, -0.2) is 11.1 Å². The van der Waals surface area contributed by atoms with Gasteiger partial charge in [0.2, 0.25) is 0 Å². The average Bonchev–Trinajstić information content (AvgIpc) is 2.16. The number of alkyl halides is 1. The van der Waals surface area contributed by atoms with Crippen molar-refractivity contribution < 1.29 is 9.90 Å². The lowest BCUT2D eigenvalue weighted by Crippen LogP contribution is -2.04. The van der Waals surface area contributed by atoms with Crippen molar-refractivity contribution in [2.45, 2.75) is 25.6 Å². The van der Waals surface area contributed by atoms with Crippen LogP contribution >= 0.6 is 15.9 Å². The molecule has 2 nitrogen and oxygen atoms in total. The van der Waals surface area contributed by atoms with Gasteiger partial charge in [0.1, 0.15) is 0 Å². The van der Waals surface area contributed by atoms with Gasteiger partial charge in [0.05, 0.1) is 5.56 Å². The average molecular weight is 257 g/mol. The number of hydrogen-bond acceptors (Lipinski definition) is 1. The number of aromatic carboxylic acids is 1. The Morgan fingerprint density at radius 3 is 2.57 bits per heavy atom. The molecule has 0 aromatic heterocycles. The summed E-state index contributed by atoms with van der Waals surface area (Å²) >= 11 is 3.40. The number of rotatable bonds is 3. The van der Waals surface area contributed by atoms with Crippen molar-refractivity contribution in [3.63, 3.8) is 0 Å². The minimum atomic E-state index is -0.849. The molecule has 0 unspecified atom stereocenters. The second kappa shape index (κ2) is 4.60. The molecule has 3 heteroatoms. The molecule has 0 amide bonds. The van der Waals surface area contributed by atoms with Crippen LogP contribution in [0.3, 0.4) is 0 Å². The van der Waals surface area contributed by atoms with Gasteiger partial charge in [0, 0.05) is 5.33 Å². The molecular formula is C11H13BrO2. The molecule has 0 atom stereocenters. The van der Waals surface area contributed by atoms with Crippen LogP contribution in [0.2, 0.25) is 0 Å². The Labute approximate surface area is 92.1 Å². The largest absolute Gasteiger partial charge is 0.478 e. The van der Waals surface area contributed by atoms with Crippen molar-refractivity contribution in [2.75, 3.05) is 0 Å². The molecule has 0 heterocycles. The predicted molar refractivity (Wildman–Crippen MR) is 60.1 cm³/mol. The van der Waals surface area contributed by atoms with E-state index in [-0.39, 0.29) is 0 Å². The zero-order valence-corrected chi connectivity index (χ0v) is 9.89. The monoisotopic (exact) mass is 256 g/mol. The molecule has 0 fully saturated rings. The smallest absolute Gasteiger partial charge is 0.335 e. The van der Waals surface area contributed by atoms with Gasteiger partial charge in [-0.2, -0.15) is 0 Å². The number of carbonyl (C=O) groups is 1. The second-order valence-electron chi connectivity index (χ2n) is 3.17. The van der Waals surface area contributed by atoms with Crippen LogP contribution in [0.1, 0.15) is 34.0 Å². The van der Waals surface area contributed by atoms with Crippen molar-refractivity contribution in [1.29, 1.82) is 0 Å². The SMILES string of the molecule is CCc1c(CBr)ccc(C(=O)O)c1C. The summed E-state index contributed by atoms with van der Waals surface area (Å²) in [6, 6.07) is 3.55. The first-order chi connectivity index (χ1) is 6.61. The van der Waals surface area contributed by atoms with Crippen LogP contribution in [0.4, 0.5) is 0 Å². The van der Waals surface area contributed by atoms with Crippen molar-refractivity contribution in [1.82, 2.24) is 0 Å². The predicted octanol–water partition coefficient (Wildman–Crippen LogP) is 3.15. The molecule has 0 spiro atoms. The van der Waals surface area contributed by atoms with E-state index in [1.807, 2.05) is 19.9 Å². The maximum Gasteiger partial charge on any atom is 0.335 e. The Kier molecular flexibility index (Phi) is 3.69. The fraction of sp³-hybridized carbons (Fsp3) is 0.364. The summed E-state index contributed by atoms with van der Waals surface area (Å²) in [5, 5.41) is 9.71. The number of hydrogen-bond donors (Lipinski definition) is 1. The molecule has 1 aromatic rings. The Balaban J connectivity index is 3.34. The first-order valence-electron chi connectivity index (χ1n) is 4.52. The van der Waals surface area contributed by atoms with Crippen LogP contribution in [0.25, 0.3) is 0 Å². The van der Waals surface area contributed by atoms with E-state index in [2.05, 4.69) is 15.9 Å². The summed E-state index contributed by atoms with van der Waals surface area (Å²) in [6.07, 6.45) is 0.869. The number of carboxylic acid groups (broad SMARTS) is 1. The minimum Gasteiger partial charge on any atom is -0.478 e. The van der Waals surface area contributed by atoms with Gasteiger partial charge < -0.3 is 5.11 Å². The lowest BCUT2D eigenvalue weighted by molar-refractivity contribution is 0.0696. The third kappa shape index (κ3) is 1.98. The summed E-state index contributed by atoms with van der Waals surface area (Å²) in [7, 11) is 0. The fourth-order valence-corrected chi connectivity index (χ4v) is 2.19. The van der Waals surface area contributed by atoms with Gasteiger partial charge in [-0.15, -0.1) is 0 Å². The first-order valence-corrected chi connectivity index (χ1v) is 5.64. The molecule has 0 aliphatic rings. The Hall–Kier alpha value is -0.830. The Morgan fingerprint density at radius 2 is 2.14 bits per heavy atom. The highest BCUT2D eigenvalue weighted by Crippen LogP contribution is 2.21. The summed E-state index contributed by atoms with van der Waals surface area (Å²) in [5.74, 6) is -0.849. The van der Waals surface area contributed by atoms with Gasteiger partial charge in [-0.1, -0.05) is 28.9 Å². The van der Waals surface area contributed by atoms with E-state index in [4.69, 9.17) is 5.11 Å². The summed E-state index contributed by atoms with van der Waals surface area (Å²) in [5.41, 5.74) is 3.61. The Bertz CT molecular complexity index is 359. The second-order valence-corrected chi connectivity index (χ2v) is 3.73. The third-order valence-electron chi connectivity index (χ3n) is 2.42. The summed E-state index contributed by atoms with van der Waals surface area (Å²) < 4.78 is 0. The van der Waals surface area contributed by atoms with Crippen LogP contribution in [0.15, 0.2) is 12.1 Å². The van der Waals surface area contributed by atoms with Crippen molar-refractivity contribution in [2.24, 2.45) is 0 Å². The van der Waals surface area contributed by atoms with E-state index in [0.717, 1.165) is 22.9 Å². The van der Waals surface area contributed by atoms with E-state index in [0.29, 0.717) is 5.56 Å². The lowest BCUT2D eigenvalue weighted by atomic mass is 9.96. The maximum atomic E-state index is 10.9. The van der Waals surface area contributed by atoms with Gasteiger partial charge in [-0.3, -0.25) is 0 Å². The van der Waals surface area contributed by atoms with Crippen molar-refractivity contribution in [3.05, 3.63) is 34.4 Å². The molecule has 1 aromatic carbocycles. The molecule has 0 aliphatic heterocycles. The van der Waals surface area contributed by atoms with Crippen LogP contribution in [0, 0.1) is 6.92 Å². The quantitative estimate of drug-likeness (QED) is 0.844. The van der Waals surface area contributed by atoms with Crippen LogP contribution < -0.4 is 0 Å². The van der Waals surface area contributed by atoms with Crippen LogP contribution in [-0.2, 0) is 11.8 Å². The van der Waals surface area contributed by atoms with E-state index in [9.17, 15) is 4.79 Å². The van der Waals surface area contributed by atoms with Gasteiger partial charge >= 0.3 is 5.97 Å². The fourth-order valence-electron chi connectivity index (χ4n) is 1.66. The molecule has 0 saturated heterocycles. The number of benzene rings is 1. The highest BCUT2D eigenvalue weighted by Gasteiger charge is 2.12. The minimum absolute atomic E-state index is 0.409. The van der Waals surface area contributed by atoms with Gasteiger partial charge in [0.25, 0.3) is 0 Å². The van der Waals surface area contributed by atoms with Gasteiger partial charge in [0.15, 0.2) is 0 Å². The normalized spacial score (nSPS) is 10.2. The topological polar surface area (TPSA) is 37.3 Å². The lowest BCUT2D eigenvalue weighted by Gasteiger charge is -2.11. The maximum absolute atomic E-state index is 10.9. The van der Waals surface area contributed by atoms with Gasteiger partial charge in [-0.05, 0) is 36.1 Å². The van der Waals surface area contributed by atoms with Gasteiger partial charge in [-0.25, -0.2) is 4.79 Å². The molecule has 1 N–H and O–H groups in total. The van der Waals surface area contributed by atoms with Crippen molar-refractivity contribution >= 4 is 21.9 Å². The molecule has 0 bridgehead atoms. The molecule has 76 valence electrons. The van der Waals surface area contributed by atoms with E-state index < -0.39 is 5.97 Å². The molecule has 1 rings (SSSR count). The molecule has 0 aliphatic carbocycles. The zero-order chi connectivity index (χ0) is 10.7. The van der Waals surface area contributed by atoms with Crippen LogP contribution in [0.5, 0.6) is 0 Å². The molecular weight excluding hydrogens is 244 g/mol. The van der Waals surface area contributed by atoms with E-state index in [1.54, 1.807) is 6.07 Å². The van der Waals surface area contributed by atoms with E-state index >= 15 is 0 Å². The molecule has 14 heavy (non-hydrogen) atoms. The zero-order valence-electron chi connectivity index (χ0n) is 8.30. The molecule has 0 radical (unpaired) electrons. The number of halogens is 1. The third-order valence-corrected chi connectivity index (χ3v) is 3.03. The van der Waals surface area contributed by atoms with E-state index in [1.165, 1.54) is 5.56 Å². The summed E-state index contributed by atoms with van der Waals surface area (Å²) in [4.78, 5) is 10.9. The Morgan fingerprint density at radius 1 is 1.50 bits per heavy atom. The van der Waals surface area contributed by atoms with Crippen molar-refractivity contribution in [3.8, 4) is 0 Å².